The van der Waals surface area contributed by atoms with Crippen LogP contribution in [0, 0.1) is 0 Å². The molecular formula is C9H13BrN4O2. The molecule has 0 aromatic carbocycles. The summed E-state index contributed by atoms with van der Waals surface area (Å²) in [6.45, 7) is 0.825. The van der Waals surface area contributed by atoms with E-state index >= 15 is 0 Å². The molecule has 0 fully saturated rings. The van der Waals surface area contributed by atoms with Crippen LogP contribution in [-0.4, -0.2) is 30.6 Å². The van der Waals surface area contributed by atoms with Gasteiger partial charge in [-0.2, -0.15) is 0 Å². The van der Waals surface area contributed by atoms with Gasteiger partial charge in [0.15, 0.2) is 0 Å². The second-order valence-electron chi connectivity index (χ2n) is 3.03. The Morgan fingerprint density at radius 2 is 2.31 bits per heavy atom. The second kappa shape index (κ2) is 6.29. The molecule has 0 atom stereocenters. The van der Waals surface area contributed by atoms with Crippen molar-refractivity contribution in [2.24, 2.45) is 5.73 Å². The summed E-state index contributed by atoms with van der Waals surface area (Å²) >= 11 is 3.32. The van der Waals surface area contributed by atoms with Crippen LogP contribution in [0.5, 0.6) is 0 Å². The van der Waals surface area contributed by atoms with Crippen molar-refractivity contribution in [2.75, 3.05) is 30.8 Å². The average molecular weight is 289 g/mol. The minimum absolute atomic E-state index is 0.0747. The monoisotopic (exact) mass is 288 g/mol. The molecule has 1 heterocycles. The fraction of sp³-hybridized carbons (Fsp3) is 0.333. The molecule has 0 unspecified atom stereocenters. The van der Waals surface area contributed by atoms with Crippen LogP contribution < -0.4 is 16.8 Å². The van der Waals surface area contributed by atoms with E-state index < -0.39 is 5.91 Å². The van der Waals surface area contributed by atoms with E-state index in [9.17, 15) is 4.79 Å². The van der Waals surface area contributed by atoms with Crippen molar-refractivity contribution in [1.82, 2.24) is 4.98 Å². The van der Waals surface area contributed by atoms with Crippen LogP contribution in [0.3, 0.4) is 0 Å². The first-order valence-electron chi connectivity index (χ1n) is 4.60. The highest BCUT2D eigenvalue weighted by Gasteiger charge is 2.03. The molecule has 1 rings (SSSR count). The van der Waals surface area contributed by atoms with Crippen molar-refractivity contribution in [1.29, 1.82) is 0 Å². The quantitative estimate of drug-likeness (QED) is 0.655. The average Bonchev–Trinajstić information content (AvgIpc) is 2.21. The molecule has 1 aromatic heterocycles. The number of primary amides is 1. The molecule has 7 heteroatoms. The van der Waals surface area contributed by atoms with Crippen molar-refractivity contribution in [2.45, 2.75) is 0 Å². The number of nitrogens with zero attached hydrogens (tertiary/aromatic N) is 1. The Kier molecular flexibility index (Phi) is 5.00. The molecule has 1 amide bonds. The number of carbonyl (C=O) groups excluding carboxylic acids is 1. The van der Waals surface area contributed by atoms with E-state index in [1.54, 1.807) is 12.4 Å². The standard InChI is InChI=1S/C9H13BrN4O2/c10-6-3-13-4-7(11)9(6)14-1-2-16-5-8(12)15/h3-4H,1-2,5,11H2,(H2,12,15)(H,13,14). The van der Waals surface area contributed by atoms with E-state index in [1.807, 2.05) is 0 Å². The maximum absolute atomic E-state index is 10.4. The number of anilines is 2. The number of hydrogen-bond donors (Lipinski definition) is 3. The SMILES string of the molecule is NC(=O)COCCNc1c(N)cncc1Br. The number of nitrogens with two attached hydrogens (primary N) is 2. The lowest BCUT2D eigenvalue weighted by molar-refractivity contribution is -0.122. The van der Waals surface area contributed by atoms with Gasteiger partial charge in [0.05, 0.1) is 28.7 Å². The van der Waals surface area contributed by atoms with Gasteiger partial charge in [-0.25, -0.2) is 0 Å². The highest BCUT2D eigenvalue weighted by atomic mass is 79.9. The number of amides is 1. The first-order valence-corrected chi connectivity index (χ1v) is 5.39. The van der Waals surface area contributed by atoms with Crippen LogP contribution in [0.25, 0.3) is 0 Å². The molecule has 0 radical (unpaired) electrons. The Morgan fingerprint density at radius 3 is 2.94 bits per heavy atom. The molecule has 16 heavy (non-hydrogen) atoms. The van der Waals surface area contributed by atoms with Gasteiger partial charge < -0.3 is 21.5 Å². The van der Waals surface area contributed by atoms with Crippen LogP contribution in [0.4, 0.5) is 11.4 Å². The number of nitrogens with one attached hydrogen (secondary N) is 1. The highest BCUT2D eigenvalue weighted by Crippen LogP contribution is 2.26. The third kappa shape index (κ3) is 4.03. The van der Waals surface area contributed by atoms with E-state index in [0.717, 1.165) is 10.2 Å². The van der Waals surface area contributed by atoms with Gasteiger partial charge in [0.2, 0.25) is 5.91 Å². The Bertz CT molecular complexity index is 352. The van der Waals surface area contributed by atoms with E-state index in [4.69, 9.17) is 16.2 Å². The highest BCUT2D eigenvalue weighted by molar-refractivity contribution is 9.10. The molecule has 0 aliphatic carbocycles. The van der Waals surface area contributed by atoms with Crippen molar-refractivity contribution >= 4 is 33.2 Å². The summed E-state index contributed by atoms with van der Waals surface area (Å²) in [6.07, 6.45) is 3.19. The van der Waals surface area contributed by atoms with Gasteiger partial charge in [-0.05, 0) is 15.9 Å². The number of aromatic nitrogens is 1. The molecule has 0 saturated heterocycles. The molecule has 88 valence electrons. The third-order valence-corrected chi connectivity index (χ3v) is 2.32. The first-order chi connectivity index (χ1) is 7.61. The predicted molar refractivity (Wildman–Crippen MR) is 64.9 cm³/mol. The molecule has 0 aliphatic heterocycles. The number of rotatable bonds is 6. The fourth-order valence-corrected chi connectivity index (χ4v) is 1.54. The Balaban J connectivity index is 2.34. The van der Waals surface area contributed by atoms with Gasteiger partial charge in [0, 0.05) is 12.7 Å². The third-order valence-electron chi connectivity index (χ3n) is 1.72. The Hall–Kier alpha value is -1.34. The minimum atomic E-state index is -0.482. The molecule has 5 N–H and O–H groups in total. The van der Waals surface area contributed by atoms with E-state index in [2.05, 4.69) is 26.2 Å². The molecule has 0 spiro atoms. The second-order valence-corrected chi connectivity index (χ2v) is 3.89. The summed E-state index contributed by atoms with van der Waals surface area (Å²) in [5.41, 5.74) is 11.9. The smallest absolute Gasteiger partial charge is 0.243 e. The van der Waals surface area contributed by atoms with Crippen molar-refractivity contribution in [3.63, 3.8) is 0 Å². The number of nitrogen functional groups attached to an aromatic ring is 1. The van der Waals surface area contributed by atoms with Gasteiger partial charge in [-0.3, -0.25) is 9.78 Å². The van der Waals surface area contributed by atoms with Gasteiger partial charge in [-0.15, -0.1) is 0 Å². The van der Waals surface area contributed by atoms with Crippen LogP contribution in [-0.2, 0) is 9.53 Å². The predicted octanol–water partition coefficient (Wildman–Crippen LogP) is 0.340. The molecule has 6 nitrogen and oxygen atoms in total. The lowest BCUT2D eigenvalue weighted by atomic mass is 10.3. The maximum Gasteiger partial charge on any atom is 0.243 e. The molecule has 0 saturated carbocycles. The topological polar surface area (TPSA) is 103 Å². The van der Waals surface area contributed by atoms with Crippen LogP contribution in [0.15, 0.2) is 16.9 Å². The first kappa shape index (κ1) is 12.7. The molecular weight excluding hydrogens is 276 g/mol. The van der Waals surface area contributed by atoms with Crippen molar-refractivity contribution < 1.29 is 9.53 Å². The Labute approximate surface area is 101 Å². The normalized spacial score (nSPS) is 10.1. The zero-order valence-corrected chi connectivity index (χ0v) is 10.2. The summed E-state index contributed by atoms with van der Waals surface area (Å²) in [7, 11) is 0. The molecule has 0 aliphatic rings. The van der Waals surface area contributed by atoms with Crippen molar-refractivity contribution in [3.05, 3.63) is 16.9 Å². The minimum Gasteiger partial charge on any atom is -0.396 e. The summed E-state index contributed by atoms with van der Waals surface area (Å²) in [5.74, 6) is -0.482. The summed E-state index contributed by atoms with van der Waals surface area (Å²) in [6, 6.07) is 0. The summed E-state index contributed by atoms with van der Waals surface area (Å²) in [5, 5.41) is 3.07. The number of hydrogen-bond acceptors (Lipinski definition) is 5. The Morgan fingerprint density at radius 1 is 1.56 bits per heavy atom. The number of carbonyl (C=O) groups is 1. The van der Waals surface area contributed by atoms with Crippen molar-refractivity contribution in [3.8, 4) is 0 Å². The largest absolute Gasteiger partial charge is 0.396 e. The number of pyridine rings is 1. The van der Waals surface area contributed by atoms with Crippen LogP contribution >= 0.6 is 15.9 Å². The van der Waals surface area contributed by atoms with Gasteiger partial charge >= 0.3 is 0 Å². The van der Waals surface area contributed by atoms with E-state index in [0.29, 0.717) is 18.8 Å². The van der Waals surface area contributed by atoms with Gasteiger partial charge in [0.25, 0.3) is 0 Å². The summed E-state index contributed by atoms with van der Waals surface area (Å²) in [4.78, 5) is 14.3. The zero-order valence-electron chi connectivity index (χ0n) is 8.57. The van der Waals surface area contributed by atoms with Gasteiger partial charge in [-0.1, -0.05) is 0 Å². The molecule has 1 aromatic rings. The molecule has 0 bridgehead atoms. The van der Waals surface area contributed by atoms with Crippen LogP contribution in [0.2, 0.25) is 0 Å². The van der Waals surface area contributed by atoms with Gasteiger partial charge in [0.1, 0.15) is 6.61 Å². The number of halogens is 1. The zero-order chi connectivity index (χ0) is 12.0. The van der Waals surface area contributed by atoms with E-state index in [-0.39, 0.29) is 6.61 Å². The summed E-state index contributed by atoms with van der Waals surface area (Å²) < 4.78 is 5.77. The number of ether oxygens (including phenoxy) is 1. The maximum atomic E-state index is 10.4. The lowest BCUT2D eigenvalue weighted by Gasteiger charge is -2.10. The van der Waals surface area contributed by atoms with E-state index in [1.165, 1.54) is 0 Å². The fourth-order valence-electron chi connectivity index (χ4n) is 1.06. The van der Waals surface area contributed by atoms with Crippen LogP contribution in [0.1, 0.15) is 0 Å². The lowest BCUT2D eigenvalue weighted by Crippen LogP contribution is -2.20.